The van der Waals surface area contributed by atoms with Crippen molar-refractivity contribution in [1.29, 1.82) is 0 Å². The van der Waals surface area contributed by atoms with Crippen molar-refractivity contribution in [2.45, 2.75) is 230 Å². The van der Waals surface area contributed by atoms with Crippen LogP contribution in [0, 0.1) is 0 Å². The van der Waals surface area contributed by atoms with Crippen molar-refractivity contribution >= 4 is 11.9 Å². The molecule has 1 rings (SSSR count). The Morgan fingerprint density at radius 3 is 1.57 bits per heavy atom. The summed E-state index contributed by atoms with van der Waals surface area (Å²) in [5, 5.41) is 56.5. The van der Waals surface area contributed by atoms with Crippen molar-refractivity contribution in [3.05, 3.63) is 109 Å². The minimum Gasteiger partial charge on any atom is -0.454 e. The molecule has 1 aliphatic heterocycles. The van der Waals surface area contributed by atoms with Gasteiger partial charge in [0.25, 0.3) is 0 Å². The maximum atomic E-state index is 13.3. The van der Waals surface area contributed by atoms with E-state index >= 15 is 0 Å². The van der Waals surface area contributed by atoms with Crippen LogP contribution in [-0.2, 0) is 23.8 Å². The average molecular weight is 966 g/mol. The molecule has 1 fully saturated rings. The van der Waals surface area contributed by atoms with Crippen LogP contribution in [0.5, 0.6) is 0 Å². The summed E-state index contributed by atoms with van der Waals surface area (Å²) in [5.41, 5.74) is 0. The number of esters is 1. The summed E-state index contributed by atoms with van der Waals surface area (Å²) in [6, 6.07) is -1.07. The zero-order valence-corrected chi connectivity index (χ0v) is 42.9. The normalized spacial score (nSPS) is 20.7. The monoisotopic (exact) mass is 966 g/mol. The zero-order chi connectivity index (χ0) is 50.4. The Morgan fingerprint density at radius 1 is 0.580 bits per heavy atom. The molecule has 0 spiro atoms. The summed E-state index contributed by atoms with van der Waals surface area (Å²) in [5.74, 6) is -1.30. The second kappa shape index (κ2) is 45.5. The molecule has 0 aliphatic carbocycles. The van der Waals surface area contributed by atoms with Gasteiger partial charge in [-0.25, -0.2) is 0 Å². The lowest BCUT2D eigenvalue weighted by molar-refractivity contribution is -0.305. The van der Waals surface area contributed by atoms with Crippen LogP contribution < -0.4 is 5.32 Å². The fraction of sp³-hybridized carbons (Fsp3) is 0.655. The first-order valence-corrected chi connectivity index (χ1v) is 26.8. The Bertz CT molecular complexity index is 1530. The van der Waals surface area contributed by atoms with Crippen molar-refractivity contribution in [3.8, 4) is 0 Å². The van der Waals surface area contributed by atoms with Crippen LogP contribution >= 0.6 is 0 Å². The predicted molar refractivity (Wildman–Crippen MR) is 282 cm³/mol. The third-order valence-corrected chi connectivity index (χ3v) is 11.9. The van der Waals surface area contributed by atoms with E-state index in [9.17, 15) is 35.1 Å². The number of carbonyl (C=O) groups is 2. The second-order valence-corrected chi connectivity index (χ2v) is 18.0. The number of carbonyl (C=O) groups excluding carboxylic acids is 2. The Kier molecular flexibility index (Phi) is 41.7. The predicted octanol–water partition coefficient (Wildman–Crippen LogP) is 11.4. The molecule has 1 heterocycles. The van der Waals surface area contributed by atoms with Gasteiger partial charge in [0.1, 0.15) is 24.4 Å². The first-order valence-electron chi connectivity index (χ1n) is 26.8. The molecule has 69 heavy (non-hydrogen) atoms. The highest BCUT2D eigenvalue weighted by Crippen LogP contribution is 2.26. The number of allylic oxidation sites excluding steroid dienone is 17. The van der Waals surface area contributed by atoms with Gasteiger partial charge in [-0.05, 0) is 57.8 Å². The smallest absolute Gasteiger partial charge is 0.306 e. The molecule has 11 nitrogen and oxygen atoms in total. The fourth-order valence-corrected chi connectivity index (χ4v) is 7.62. The third kappa shape index (κ3) is 34.3. The first-order chi connectivity index (χ1) is 33.7. The van der Waals surface area contributed by atoms with E-state index in [1.54, 1.807) is 6.08 Å². The maximum Gasteiger partial charge on any atom is 0.306 e. The minimum absolute atomic E-state index is 0.0950. The van der Waals surface area contributed by atoms with Crippen molar-refractivity contribution in [1.82, 2.24) is 5.32 Å². The second-order valence-electron chi connectivity index (χ2n) is 18.0. The molecule has 0 aromatic rings. The molecule has 8 unspecified atom stereocenters. The molecule has 0 aromatic heterocycles. The van der Waals surface area contributed by atoms with E-state index in [0.717, 1.165) is 83.5 Å². The summed E-state index contributed by atoms with van der Waals surface area (Å²) < 4.78 is 17.5. The molecule has 0 radical (unpaired) electrons. The van der Waals surface area contributed by atoms with Gasteiger partial charge in [0.2, 0.25) is 5.91 Å². The van der Waals surface area contributed by atoms with Gasteiger partial charge >= 0.3 is 5.97 Å². The van der Waals surface area contributed by atoms with E-state index in [1.807, 2.05) is 72.9 Å². The number of rotatable bonds is 42. The highest BCUT2D eigenvalue weighted by atomic mass is 16.7. The molecule has 1 saturated heterocycles. The lowest BCUT2D eigenvalue weighted by Crippen LogP contribution is -2.61. The quantitative estimate of drug-likeness (QED) is 0.0149. The van der Waals surface area contributed by atoms with E-state index in [4.69, 9.17) is 14.2 Å². The number of aliphatic hydroxyl groups is 5. The average Bonchev–Trinajstić information content (AvgIpc) is 3.34. The number of aliphatic hydroxyl groups excluding tert-OH is 5. The zero-order valence-electron chi connectivity index (χ0n) is 42.9. The standard InChI is InChI=1S/C58H95NO10/c1-4-7-10-13-16-19-22-25-26-28-31-34-37-40-43-46-53(63)69-56-55(65)54(64)52(47-60)68-58(56)67-48-49(50(61)44-41-38-35-32-30-27-23-20-17-14-11-8-5-2)59-57(66)51(62)45-42-39-36-33-29-24-21-18-15-12-9-6-3/h7,9-10,12-13,15-16,18-19,21-22,24,29,33,36,39,41,44,49-52,54-56,58,60-62,64-65H,4-6,8,11,14,17,20,23,25-28,30-32,34-35,37-38,40,42-43,45-48H2,1-3H3,(H,59,66)/b10-7+,12-9+,16-13+,18-15+,22-19+,24-21-,33-29-,39-36+,44-41+. The number of nitrogens with one attached hydrogen (secondary N) is 1. The highest BCUT2D eigenvalue weighted by Gasteiger charge is 2.47. The van der Waals surface area contributed by atoms with Crippen LogP contribution in [-0.4, -0.2) is 99.6 Å². The molecule has 0 saturated carbocycles. The number of hydrogen-bond donors (Lipinski definition) is 6. The highest BCUT2D eigenvalue weighted by molar-refractivity contribution is 5.80. The van der Waals surface area contributed by atoms with Crippen molar-refractivity contribution in [2.24, 2.45) is 0 Å². The molecule has 1 amide bonds. The third-order valence-electron chi connectivity index (χ3n) is 11.9. The maximum absolute atomic E-state index is 13.3. The van der Waals surface area contributed by atoms with Crippen molar-refractivity contribution in [2.75, 3.05) is 13.2 Å². The van der Waals surface area contributed by atoms with E-state index in [0.29, 0.717) is 12.8 Å². The van der Waals surface area contributed by atoms with Gasteiger partial charge in [0.05, 0.1) is 25.4 Å². The van der Waals surface area contributed by atoms with Crippen LogP contribution in [0.2, 0.25) is 0 Å². The summed E-state index contributed by atoms with van der Waals surface area (Å²) in [6.07, 6.45) is 50.1. The molecule has 1 aliphatic rings. The van der Waals surface area contributed by atoms with Crippen molar-refractivity contribution < 1.29 is 49.3 Å². The van der Waals surface area contributed by atoms with Crippen LogP contribution in [0.25, 0.3) is 0 Å². The molecule has 6 N–H and O–H groups in total. The van der Waals surface area contributed by atoms with Gasteiger partial charge in [0, 0.05) is 6.42 Å². The van der Waals surface area contributed by atoms with Crippen LogP contribution in [0.15, 0.2) is 109 Å². The van der Waals surface area contributed by atoms with Gasteiger partial charge < -0.3 is 45.1 Å². The number of ether oxygens (including phenoxy) is 3. The Hall–Kier alpha value is -3.68. The van der Waals surface area contributed by atoms with E-state index in [2.05, 4.69) is 56.5 Å². The SMILES string of the molecule is CC/C=C/C=C/C=C\C=C/C=C/CCC(O)C(=O)NC(COC1OC(CO)C(O)C(O)C1OC(=O)CCCCCCCCC/C=C/C=C/C=C/CC)C(O)/C=C/CCCCCCCCCCCCC. The number of unbranched alkanes of at least 4 members (excludes halogenated alkanes) is 18. The Balaban J connectivity index is 2.83. The molecule has 0 aromatic carbocycles. The molecular weight excluding hydrogens is 871 g/mol. The number of amides is 1. The van der Waals surface area contributed by atoms with Gasteiger partial charge in [-0.1, -0.05) is 226 Å². The summed E-state index contributed by atoms with van der Waals surface area (Å²) in [4.78, 5) is 26.3. The molecular formula is C58H95NO10. The van der Waals surface area contributed by atoms with Gasteiger partial charge in [-0.3, -0.25) is 9.59 Å². The summed E-state index contributed by atoms with van der Waals surface area (Å²) in [6.45, 7) is 5.42. The van der Waals surface area contributed by atoms with Gasteiger partial charge in [-0.15, -0.1) is 0 Å². The lowest BCUT2D eigenvalue weighted by Gasteiger charge is -2.41. The molecule has 11 heteroatoms. The lowest BCUT2D eigenvalue weighted by atomic mass is 9.99. The number of hydrogen-bond acceptors (Lipinski definition) is 10. The van der Waals surface area contributed by atoms with Crippen LogP contribution in [0.4, 0.5) is 0 Å². The fourth-order valence-electron chi connectivity index (χ4n) is 7.62. The molecule has 392 valence electrons. The molecule has 0 bridgehead atoms. The van der Waals surface area contributed by atoms with E-state index in [-0.39, 0.29) is 19.4 Å². The van der Waals surface area contributed by atoms with Gasteiger partial charge in [0.15, 0.2) is 12.4 Å². The van der Waals surface area contributed by atoms with Crippen LogP contribution in [0.1, 0.15) is 181 Å². The Labute approximate surface area is 418 Å². The molecule has 8 atom stereocenters. The van der Waals surface area contributed by atoms with Crippen LogP contribution in [0.3, 0.4) is 0 Å². The largest absolute Gasteiger partial charge is 0.454 e. The minimum atomic E-state index is -1.64. The first kappa shape index (κ1) is 63.3. The summed E-state index contributed by atoms with van der Waals surface area (Å²) in [7, 11) is 0. The summed E-state index contributed by atoms with van der Waals surface area (Å²) >= 11 is 0. The van der Waals surface area contributed by atoms with Crippen molar-refractivity contribution in [3.63, 3.8) is 0 Å². The Morgan fingerprint density at radius 2 is 1.04 bits per heavy atom. The van der Waals surface area contributed by atoms with Gasteiger partial charge in [-0.2, -0.15) is 0 Å². The topological polar surface area (TPSA) is 175 Å². The van der Waals surface area contributed by atoms with E-state index in [1.165, 1.54) is 51.4 Å². The van der Waals surface area contributed by atoms with E-state index < -0.39 is 67.4 Å².